The Kier molecular flexibility index (Phi) is 5.71. The maximum atomic E-state index is 12.5. The SMILES string of the molecule is Cc1ccccc1Nc1ccc(C(=O)Nc2ccccc2OC(C)C)nc1. The minimum Gasteiger partial charge on any atom is -0.489 e. The summed E-state index contributed by atoms with van der Waals surface area (Å²) < 4.78 is 5.73. The highest BCUT2D eigenvalue weighted by Gasteiger charge is 2.12. The lowest BCUT2D eigenvalue weighted by Gasteiger charge is -2.14. The fourth-order valence-electron chi connectivity index (χ4n) is 2.58. The molecule has 2 N–H and O–H groups in total. The van der Waals surface area contributed by atoms with E-state index in [4.69, 9.17) is 4.74 Å². The topological polar surface area (TPSA) is 63.2 Å². The highest BCUT2D eigenvalue weighted by molar-refractivity contribution is 6.03. The fourth-order valence-corrected chi connectivity index (χ4v) is 2.58. The number of benzene rings is 2. The van der Waals surface area contributed by atoms with Crippen molar-refractivity contribution in [2.24, 2.45) is 0 Å². The molecule has 1 heterocycles. The van der Waals surface area contributed by atoms with Gasteiger partial charge >= 0.3 is 0 Å². The lowest BCUT2D eigenvalue weighted by molar-refractivity contribution is 0.102. The quantitative estimate of drug-likeness (QED) is 0.635. The number of nitrogens with one attached hydrogen (secondary N) is 2. The summed E-state index contributed by atoms with van der Waals surface area (Å²) in [5, 5.41) is 6.17. The van der Waals surface area contributed by atoms with Crippen LogP contribution in [0.25, 0.3) is 0 Å². The Hall–Kier alpha value is -3.34. The second kappa shape index (κ2) is 8.36. The summed E-state index contributed by atoms with van der Waals surface area (Å²) in [6, 6.07) is 18.9. The van der Waals surface area contributed by atoms with Crippen LogP contribution in [0.5, 0.6) is 5.75 Å². The van der Waals surface area contributed by atoms with Crippen LogP contribution in [0.1, 0.15) is 29.9 Å². The molecule has 0 aliphatic carbocycles. The van der Waals surface area contributed by atoms with Gasteiger partial charge in [0.15, 0.2) is 0 Å². The summed E-state index contributed by atoms with van der Waals surface area (Å²) in [7, 11) is 0. The lowest BCUT2D eigenvalue weighted by Crippen LogP contribution is -2.15. The van der Waals surface area contributed by atoms with Crippen LogP contribution in [0, 0.1) is 6.92 Å². The van der Waals surface area contributed by atoms with Gasteiger partial charge in [-0.25, -0.2) is 4.98 Å². The number of carbonyl (C=O) groups excluding carboxylic acids is 1. The molecule has 5 nitrogen and oxygen atoms in total. The van der Waals surface area contributed by atoms with Gasteiger partial charge in [-0.05, 0) is 56.7 Å². The maximum Gasteiger partial charge on any atom is 0.274 e. The second-order valence-corrected chi connectivity index (χ2v) is 6.49. The van der Waals surface area contributed by atoms with Crippen LogP contribution in [0.4, 0.5) is 17.1 Å². The van der Waals surface area contributed by atoms with Gasteiger partial charge in [0.05, 0.1) is 23.7 Å². The number of nitrogens with zero attached hydrogens (tertiary/aromatic N) is 1. The van der Waals surface area contributed by atoms with Crippen molar-refractivity contribution >= 4 is 23.0 Å². The first kappa shape index (κ1) is 18.5. The van der Waals surface area contributed by atoms with Gasteiger partial charge in [0.2, 0.25) is 0 Å². The second-order valence-electron chi connectivity index (χ2n) is 6.49. The van der Waals surface area contributed by atoms with Gasteiger partial charge in [0.1, 0.15) is 11.4 Å². The van der Waals surface area contributed by atoms with Crippen LogP contribution in [0.15, 0.2) is 66.9 Å². The van der Waals surface area contributed by atoms with Crippen LogP contribution < -0.4 is 15.4 Å². The van der Waals surface area contributed by atoms with Crippen molar-refractivity contribution in [3.63, 3.8) is 0 Å². The largest absolute Gasteiger partial charge is 0.489 e. The Bertz CT molecular complexity index is 921. The number of hydrogen-bond acceptors (Lipinski definition) is 4. The molecule has 5 heteroatoms. The molecule has 3 rings (SSSR count). The molecule has 0 aliphatic rings. The van der Waals surface area contributed by atoms with E-state index in [1.807, 2.05) is 75.4 Å². The highest BCUT2D eigenvalue weighted by Crippen LogP contribution is 2.25. The molecule has 0 spiro atoms. The number of pyridine rings is 1. The van der Waals surface area contributed by atoms with Crippen molar-refractivity contribution < 1.29 is 9.53 Å². The van der Waals surface area contributed by atoms with Crippen LogP contribution >= 0.6 is 0 Å². The van der Waals surface area contributed by atoms with Gasteiger partial charge in [-0.15, -0.1) is 0 Å². The van der Waals surface area contributed by atoms with Gasteiger partial charge in [0.25, 0.3) is 5.91 Å². The third-order valence-electron chi connectivity index (χ3n) is 3.92. The smallest absolute Gasteiger partial charge is 0.274 e. The number of ether oxygens (including phenoxy) is 1. The number of anilines is 3. The molecule has 0 saturated heterocycles. The van der Waals surface area contributed by atoms with Crippen molar-refractivity contribution in [2.45, 2.75) is 26.9 Å². The molecule has 27 heavy (non-hydrogen) atoms. The Balaban J connectivity index is 1.70. The van der Waals surface area contributed by atoms with Gasteiger partial charge in [-0.3, -0.25) is 4.79 Å². The Morgan fingerprint density at radius 1 is 0.963 bits per heavy atom. The first-order valence-corrected chi connectivity index (χ1v) is 8.88. The number of rotatable bonds is 6. The van der Waals surface area contributed by atoms with Crippen molar-refractivity contribution in [1.29, 1.82) is 0 Å². The average molecular weight is 361 g/mol. The zero-order valence-electron chi connectivity index (χ0n) is 15.7. The molecule has 2 aromatic carbocycles. The number of aromatic nitrogens is 1. The maximum absolute atomic E-state index is 12.5. The summed E-state index contributed by atoms with van der Waals surface area (Å²) >= 11 is 0. The van der Waals surface area contributed by atoms with Crippen LogP contribution in [0.2, 0.25) is 0 Å². The number of hydrogen-bond donors (Lipinski definition) is 2. The molecule has 0 unspecified atom stereocenters. The van der Waals surface area contributed by atoms with Crippen LogP contribution in [-0.2, 0) is 0 Å². The molecule has 138 valence electrons. The summed E-state index contributed by atoms with van der Waals surface area (Å²) in [5.41, 5.74) is 3.94. The minimum atomic E-state index is -0.280. The van der Waals surface area contributed by atoms with Crippen molar-refractivity contribution in [2.75, 3.05) is 10.6 Å². The van der Waals surface area contributed by atoms with Crippen LogP contribution in [-0.4, -0.2) is 17.0 Å². The minimum absolute atomic E-state index is 0.0213. The third-order valence-corrected chi connectivity index (χ3v) is 3.92. The predicted molar refractivity (Wildman–Crippen MR) is 109 cm³/mol. The molecule has 0 radical (unpaired) electrons. The average Bonchev–Trinajstić information content (AvgIpc) is 2.65. The third kappa shape index (κ3) is 4.85. The molecule has 1 aromatic heterocycles. The van der Waals surface area contributed by atoms with E-state index in [-0.39, 0.29) is 12.0 Å². The van der Waals surface area contributed by atoms with Crippen molar-refractivity contribution in [3.05, 3.63) is 78.1 Å². The van der Waals surface area contributed by atoms with Gasteiger partial charge in [-0.1, -0.05) is 30.3 Å². The van der Waals surface area contributed by atoms with Crippen molar-refractivity contribution in [1.82, 2.24) is 4.98 Å². The Morgan fingerprint density at radius 3 is 2.33 bits per heavy atom. The summed E-state index contributed by atoms with van der Waals surface area (Å²) in [4.78, 5) is 16.8. The molecular weight excluding hydrogens is 338 g/mol. The van der Waals surface area contributed by atoms with E-state index in [1.54, 1.807) is 12.3 Å². The molecule has 0 atom stereocenters. The highest BCUT2D eigenvalue weighted by atomic mass is 16.5. The summed E-state index contributed by atoms with van der Waals surface area (Å²) in [6.07, 6.45) is 1.67. The molecule has 0 bridgehead atoms. The van der Waals surface area contributed by atoms with E-state index in [9.17, 15) is 4.79 Å². The number of amides is 1. The Labute approximate surface area is 159 Å². The lowest BCUT2D eigenvalue weighted by atomic mass is 10.2. The first-order valence-electron chi connectivity index (χ1n) is 8.88. The van der Waals surface area contributed by atoms with Crippen LogP contribution in [0.3, 0.4) is 0 Å². The van der Waals surface area contributed by atoms with Gasteiger partial charge < -0.3 is 15.4 Å². The van der Waals surface area contributed by atoms with E-state index in [0.29, 0.717) is 17.1 Å². The van der Waals surface area contributed by atoms with Gasteiger partial charge in [-0.2, -0.15) is 0 Å². The number of aryl methyl sites for hydroxylation is 1. The number of carbonyl (C=O) groups is 1. The van der Waals surface area contributed by atoms with E-state index in [0.717, 1.165) is 16.9 Å². The first-order chi connectivity index (χ1) is 13.0. The zero-order valence-corrected chi connectivity index (χ0v) is 15.7. The summed E-state index contributed by atoms with van der Waals surface area (Å²) in [5.74, 6) is 0.357. The Morgan fingerprint density at radius 2 is 1.67 bits per heavy atom. The van der Waals surface area contributed by atoms with E-state index in [1.165, 1.54) is 0 Å². The monoisotopic (exact) mass is 361 g/mol. The van der Waals surface area contributed by atoms with Gasteiger partial charge in [0, 0.05) is 5.69 Å². The molecule has 0 aliphatic heterocycles. The molecular formula is C22H23N3O2. The fraction of sp³-hybridized carbons (Fsp3) is 0.182. The molecule has 1 amide bonds. The molecule has 0 fully saturated rings. The normalized spacial score (nSPS) is 10.5. The number of para-hydroxylation sites is 3. The summed E-state index contributed by atoms with van der Waals surface area (Å²) in [6.45, 7) is 5.93. The standard InChI is InChI=1S/C22H23N3O2/c1-15(2)27-21-11-7-6-10-19(21)25-22(26)20-13-12-17(14-23-20)24-18-9-5-4-8-16(18)3/h4-15,24H,1-3H3,(H,25,26). The molecule has 0 saturated carbocycles. The molecule has 3 aromatic rings. The van der Waals surface area contributed by atoms with E-state index < -0.39 is 0 Å². The van der Waals surface area contributed by atoms with Crippen molar-refractivity contribution in [3.8, 4) is 5.75 Å². The van der Waals surface area contributed by atoms with E-state index >= 15 is 0 Å². The zero-order chi connectivity index (χ0) is 19.2. The predicted octanol–water partition coefficient (Wildman–Crippen LogP) is 5.17. The van der Waals surface area contributed by atoms with E-state index in [2.05, 4.69) is 15.6 Å².